The molecule has 1 heterocycles. The van der Waals surface area contributed by atoms with E-state index in [0.29, 0.717) is 17.6 Å². The van der Waals surface area contributed by atoms with E-state index in [1.165, 1.54) is 42.7 Å². The average Bonchev–Trinajstić information content (AvgIpc) is 3.15. The first-order chi connectivity index (χ1) is 11.8. The van der Waals surface area contributed by atoms with E-state index < -0.39 is 16.0 Å². The van der Waals surface area contributed by atoms with Crippen molar-refractivity contribution in [1.82, 2.24) is 4.31 Å². The lowest BCUT2D eigenvalue weighted by Gasteiger charge is -2.16. The Balaban J connectivity index is 1.77. The van der Waals surface area contributed by atoms with Crippen LogP contribution in [0, 0.1) is 5.92 Å². The van der Waals surface area contributed by atoms with Crippen LogP contribution >= 0.6 is 0 Å². The fraction of sp³-hybridized carbons (Fsp3) is 0.389. The highest BCUT2D eigenvalue weighted by Crippen LogP contribution is 2.47. The Morgan fingerprint density at radius 2 is 2.04 bits per heavy atom. The Labute approximate surface area is 147 Å². The summed E-state index contributed by atoms with van der Waals surface area (Å²) < 4.78 is 37.1. The van der Waals surface area contributed by atoms with Gasteiger partial charge in [0.05, 0.1) is 24.1 Å². The zero-order chi connectivity index (χ0) is 18.2. The molecule has 2 aromatic rings. The van der Waals surface area contributed by atoms with Gasteiger partial charge in [-0.15, -0.1) is 0 Å². The van der Waals surface area contributed by atoms with Gasteiger partial charge in [-0.3, -0.25) is 0 Å². The van der Waals surface area contributed by atoms with Gasteiger partial charge in [-0.2, -0.15) is 4.31 Å². The molecule has 0 saturated heterocycles. The van der Waals surface area contributed by atoms with E-state index in [4.69, 9.17) is 4.42 Å². The van der Waals surface area contributed by atoms with Crippen LogP contribution in [0.25, 0.3) is 0 Å². The predicted molar refractivity (Wildman–Crippen MR) is 91.7 cm³/mol. The average molecular weight is 363 g/mol. The summed E-state index contributed by atoms with van der Waals surface area (Å²) in [5.74, 6) is 2.02. The number of ether oxygens (including phenoxy) is 1. The first-order valence-electron chi connectivity index (χ1n) is 8.06. The smallest absolute Gasteiger partial charge is 0.337 e. The van der Waals surface area contributed by atoms with E-state index in [1.54, 1.807) is 0 Å². The van der Waals surface area contributed by atoms with E-state index in [0.717, 1.165) is 12.2 Å². The molecule has 1 aromatic carbocycles. The second kappa shape index (κ2) is 6.65. The van der Waals surface area contributed by atoms with Gasteiger partial charge in [0.2, 0.25) is 10.0 Å². The molecule has 0 bridgehead atoms. The zero-order valence-corrected chi connectivity index (χ0v) is 15.2. The highest BCUT2D eigenvalue weighted by atomic mass is 32.2. The maximum absolute atomic E-state index is 12.7. The Hall–Kier alpha value is -2.12. The number of esters is 1. The van der Waals surface area contributed by atoms with Crippen LogP contribution < -0.4 is 0 Å². The van der Waals surface area contributed by atoms with Gasteiger partial charge >= 0.3 is 5.97 Å². The van der Waals surface area contributed by atoms with Gasteiger partial charge in [-0.1, -0.05) is 13.0 Å². The van der Waals surface area contributed by atoms with Crippen molar-refractivity contribution >= 4 is 16.0 Å². The van der Waals surface area contributed by atoms with Gasteiger partial charge in [-0.25, -0.2) is 13.2 Å². The number of furan rings is 1. The van der Waals surface area contributed by atoms with Gasteiger partial charge in [0.15, 0.2) is 0 Å². The minimum atomic E-state index is -3.74. The number of rotatable bonds is 6. The van der Waals surface area contributed by atoms with Crippen molar-refractivity contribution in [3.8, 4) is 0 Å². The molecule has 1 aromatic heterocycles. The Bertz CT molecular complexity index is 886. The lowest BCUT2D eigenvalue weighted by Crippen LogP contribution is -2.26. The molecule has 7 heteroatoms. The second-order valence-electron chi connectivity index (χ2n) is 6.40. The Morgan fingerprint density at radius 1 is 1.32 bits per heavy atom. The molecule has 2 atom stereocenters. The molecule has 0 unspecified atom stereocenters. The van der Waals surface area contributed by atoms with Gasteiger partial charge in [0.25, 0.3) is 0 Å². The summed E-state index contributed by atoms with van der Waals surface area (Å²) in [4.78, 5) is 11.6. The third kappa shape index (κ3) is 3.62. The maximum Gasteiger partial charge on any atom is 0.337 e. The highest BCUT2D eigenvalue weighted by Gasteiger charge is 2.36. The number of methoxy groups -OCH3 is 1. The zero-order valence-electron chi connectivity index (χ0n) is 14.4. The fourth-order valence-electron chi connectivity index (χ4n) is 2.78. The summed E-state index contributed by atoms with van der Waals surface area (Å²) in [6, 6.07) is 9.54. The minimum absolute atomic E-state index is 0.0421. The molecule has 0 N–H and O–H groups in total. The van der Waals surface area contributed by atoms with Crippen molar-refractivity contribution in [1.29, 1.82) is 0 Å². The van der Waals surface area contributed by atoms with Crippen LogP contribution in [0.15, 0.2) is 45.7 Å². The normalized spacial score (nSPS) is 19.8. The van der Waals surface area contributed by atoms with Crippen molar-refractivity contribution < 1.29 is 22.4 Å². The highest BCUT2D eigenvalue weighted by molar-refractivity contribution is 7.89. The molecule has 25 heavy (non-hydrogen) atoms. The standard InChI is InChI=1S/C18H21NO5S/c1-12-9-16(12)17-8-7-14(24-17)11-19(2)25(21,22)15-6-4-5-13(10-15)18(20)23-3/h4-8,10,12,16H,9,11H2,1-3H3/t12-,16-/m0/s1. The summed E-state index contributed by atoms with van der Waals surface area (Å²) in [6.45, 7) is 2.30. The van der Waals surface area contributed by atoms with Gasteiger partial charge in [0.1, 0.15) is 11.5 Å². The van der Waals surface area contributed by atoms with Crippen LogP contribution in [0.5, 0.6) is 0 Å². The van der Waals surface area contributed by atoms with Crippen LogP contribution in [0.3, 0.4) is 0 Å². The molecule has 3 rings (SSSR count). The van der Waals surface area contributed by atoms with Crippen LogP contribution in [0.1, 0.15) is 41.1 Å². The van der Waals surface area contributed by atoms with E-state index >= 15 is 0 Å². The molecule has 1 aliphatic rings. The van der Waals surface area contributed by atoms with Crippen LogP contribution in [-0.4, -0.2) is 32.8 Å². The van der Waals surface area contributed by atoms with Crippen LogP contribution in [0.2, 0.25) is 0 Å². The number of benzene rings is 1. The van der Waals surface area contributed by atoms with Crippen molar-refractivity contribution in [2.45, 2.75) is 30.7 Å². The maximum atomic E-state index is 12.7. The van der Waals surface area contributed by atoms with Crippen LogP contribution in [0.4, 0.5) is 0 Å². The molecule has 0 spiro atoms. The second-order valence-corrected chi connectivity index (χ2v) is 8.45. The molecule has 1 saturated carbocycles. The first kappa shape index (κ1) is 17.7. The fourth-order valence-corrected chi connectivity index (χ4v) is 3.97. The number of carbonyl (C=O) groups is 1. The molecule has 0 radical (unpaired) electrons. The van der Waals surface area contributed by atoms with E-state index in [2.05, 4.69) is 11.7 Å². The van der Waals surface area contributed by atoms with Crippen LogP contribution in [-0.2, 0) is 21.3 Å². The van der Waals surface area contributed by atoms with Crippen molar-refractivity contribution in [3.05, 3.63) is 53.5 Å². The van der Waals surface area contributed by atoms with Crippen molar-refractivity contribution in [2.24, 2.45) is 5.92 Å². The van der Waals surface area contributed by atoms with Gasteiger partial charge < -0.3 is 9.15 Å². The number of nitrogens with zero attached hydrogens (tertiary/aromatic N) is 1. The molecule has 1 fully saturated rings. The molecular formula is C18H21NO5S. The van der Waals surface area contributed by atoms with Gasteiger partial charge in [-0.05, 0) is 42.7 Å². The third-order valence-electron chi connectivity index (χ3n) is 4.50. The quantitative estimate of drug-likeness (QED) is 0.738. The number of hydrogen-bond acceptors (Lipinski definition) is 5. The Morgan fingerprint density at radius 3 is 2.68 bits per heavy atom. The number of carbonyl (C=O) groups excluding carboxylic acids is 1. The number of hydrogen-bond donors (Lipinski definition) is 0. The summed E-state index contributed by atoms with van der Waals surface area (Å²) >= 11 is 0. The van der Waals surface area contributed by atoms with Gasteiger partial charge in [0, 0.05) is 13.0 Å². The summed E-state index contributed by atoms with van der Waals surface area (Å²) in [7, 11) is -0.999. The minimum Gasteiger partial charge on any atom is -0.465 e. The summed E-state index contributed by atoms with van der Waals surface area (Å²) in [6.07, 6.45) is 1.11. The molecule has 0 aliphatic heterocycles. The monoisotopic (exact) mass is 363 g/mol. The SMILES string of the molecule is COC(=O)c1cccc(S(=O)(=O)N(C)Cc2ccc([C@H]3C[C@@H]3C)o2)c1. The van der Waals surface area contributed by atoms with E-state index in [9.17, 15) is 13.2 Å². The van der Waals surface area contributed by atoms with Crippen molar-refractivity contribution in [3.63, 3.8) is 0 Å². The number of sulfonamides is 1. The predicted octanol–water partition coefficient (Wildman–Crippen LogP) is 3.01. The largest absolute Gasteiger partial charge is 0.465 e. The lowest BCUT2D eigenvalue weighted by atomic mass is 10.2. The van der Waals surface area contributed by atoms with E-state index in [-0.39, 0.29) is 17.0 Å². The Kier molecular flexibility index (Phi) is 4.71. The molecule has 1 aliphatic carbocycles. The molecule has 6 nitrogen and oxygen atoms in total. The third-order valence-corrected chi connectivity index (χ3v) is 6.30. The molecular weight excluding hydrogens is 342 g/mol. The molecule has 134 valence electrons. The van der Waals surface area contributed by atoms with Crippen molar-refractivity contribution in [2.75, 3.05) is 14.2 Å². The summed E-state index contributed by atoms with van der Waals surface area (Å²) in [5, 5.41) is 0. The summed E-state index contributed by atoms with van der Waals surface area (Å²) in [5.41, 5.74) is 0.194. The lowest BCUT2D eigenvalue weighted by molar-refractivity contribution is 0.0600. The molecule has 0 amide bonds. The first-order valence-corrected chi connectivity index (χ1v) is 9.50. The topological polar surface area (TPSA) is 76.8 Å². The van der Waals surface area contributed by atoms with E-state index in [1.807, 2.05) is 12.1 Å².